The van der Waals surface area contributed by atoms with Gasteiger partial charge in [-0.25, -0.2) is 19.9 Å². The minimum atomic E-state index is -0.333. The van der Waals surface area contributed by atoms with Crippen molar-refractivity contribution < 1.29 is 9.53 Å². The van der Waals surface area contributed by atoms with Crippen molar-refractivity contribution in [2.45, 2.75) is 84.2 Å². The van der Waals surface area contributed by atoms with Crippen molar-refractivity contribution in [2.75, 3.05) is 24.3 Å². The normalized spacial score (nSPS) is 17.3. The molecule has 1 unspecified atom stereocenters. The number of carbonyl (C=O) groups excluding carboxylic acids is 1. The standard InChI is InChI=1S/C35H48N10O2/c1-22(2)16-39-32(46)30(28-13-10-24(17-37-28)25-18-41-34(47-7)42-19-25)23-8-11-26(12-9-23)43-33-40-20-27(35(3,4)5)31(44-33)38-21-29-36-14-15-45(29)6/h10,13-15,17-20,22-23,26,30H,8-9,11-12,16,21H2,1-7H3,(H,39,46)(H2,38,40,43,44). The molecule has 12 heteroatoms. The molecule has 0 spiro atoms. The van der Waals surface area contributed by atoms with Crippen LogP contribution in [0, 0.1) is 11.8 Å². The van der Waals surface area contributed by atoms with Gasteiger partial charge < -0.3 is 25.3 Å². The summed E-state index contributed by atoms with van der Waals surface area (Å²) in [6, 6.07) is 4.48. The largest absolute Gasteiger partial charge is 0.467 e. The maximum Gasteiger partial charge on any atom is 0.316 e. The summed E-state index contributed by atoms with van der Waals surface area (Å²) >= 11 is 0. The van der Waals surface area contributed by atoms with Crippen LogP contribution in [0.5, 0.6) is 6.01 Å². The van der Waals surface area contributed by atoms with Gasteiger partial charge in [0.2, 0.25) is 11.9 Å². The molecule has 250 valence electrons. The topological polar surface area (TPSA) is 145 Å². The number of methoxy groups -OCH3 is 1. The first-order valence-corrected chi connectivity index (χ1v) is 16.5. The van der Waals surface area contributed by atoms with Crippen molar-refractivity contribution in [3.63, 3.8) is 0 Å². The van der Waals surface area contributed by atoms with Crippen LogP contribution < -0.4 is 20.7 Å². The summed E-state index contributed by atoms with van der Waals surface area (Å²) in [6.07, 6.45) is 14.5. The van der Waals surface area contributed by atoms with Crippen LogP contribution in [0.3, 0.4) is 0 Å². The van der Waals surface area contributed by atoms with Crippen molar-refractivity contribution in [2.24, 2.45) is 18.9 Å². The van der Waals surface area contributed by atoms with Gasteiger partial charge in [-0.1, -0.05) is 40.7 Å². The molecule has 47 heavy (non-hydrogen) atoms. The highest BCUT2D eigenvalue weighted by Gasteiger charge is 2.34. The zero-order chi connectivity index (χ0) is 33.6. The maximum atomic E-state index is 13.6. The van der Waals surface area contributed by atoms with Crippen LogP contribution in [0.15, 0.2) is 49.3 Å². The van der Waals surface area contributed by atoms with E-state index < -0.39 is 0 Å². The number of amides is 1. The van der Waals surface area contributed by atoms with Gasteiger partial charge in [0.05, 0.1) is 25.3 Å². The summed E-state index contributed by atoms with van der Waals surface area (Å²) < 4.78 is 7.08. The van der Waals surface area contributed by atoms with Gasteiger partial charge in [-0.05, 0) is 49.0 Å². The second kappa shape index (κ2) is 14.9. The zero-order valence-electron chi connectivity index (χ0n) is 28.6. The molecule has 0 saturated heterocycles. The maximum absolute atomic E-state index is 13.6. The van der Waals surface area contributed by atoms with Gasteiger partial charge in [0.15, 0.2) is 0 Å². The Labute approximate surface area is 277 Å². The van der Waals surface area contributed by atoms with Crippen LogP contribution in [0.4, 0.5) is 11.8 Å². The third kappa shape index (κ3) is 8.60. The molecule has 0 radical (unpaired) electrons. The second-order valence-electron chi connectivity index (χ2n) is 13.8. The Hall–Kier alpha value is -4.61. The lowest BCUT2D eigenvalue weighted by Gasteiger charge is -2.33. The van der Waals surface area contributed by atoms with E-state index >= 15 is 0 Å². The molecule has 1 aliphatic rings. The summed E-state index contributed by atoms with van der Waals surface area (Å²) in [5, 5.41) is 10.3. The third-order valence-electron chi connectivity index (χ3n) is 8.72. The average Bonchev–Trinajstić information content (AvgIpc) is 3.48. The average molecular weight is 641 g/mol. The molecule has 1 aliphatic carbocycles. The molecule has 1 fully saturated rings. The van der Waals surface area contributed by atoms with E-state index in [2.05, 4.69) is 65.5 Å². The van der Waals surface area contributed by atoms with Crippen molar-refractivity contribution in [1.82, 2.24) is 39.8 Å². The van der Waals surface area contributed by atoms with E-state index in [0.717, 1.165) is 59.7 Å². The van der Waals surface area contributed by atoms with Crippen LogP contribution in [0.2, 0.25) is 0 Å². The van der Waals surface area contributed by atoms with Gasteiger partial charge in [0, 0.05) is 73.5 Å². The fourth-order valence-electron chi connectivity index (χ4n) is 5.98. The van der Waals surface area contributed by atoms with Gasteiger partial charge in [-0.2, -0.15) is 4.98 Å². The van der Waals surface area contributed by atoms with Crippen LogP contribution >= 0.6 is 0 Å². The lowest BCUT2D eigenvalue weighted by molar-refractivity contribution is -0.124. The Bertz CT molecular complexity index is 1600. The molecule has 1 atom stereocenters. The Balaban J connectivity index is 1.27. The number of aryl methyl sites for hydroxylation is 1. The van der Waals surface area contributed by atoms with Crippen LogP contribution in [-0.2, 0) is 23.8 Å². The summed E-state index contributed by atoms with van der Waals surface area (Å²) in [5.74, 6) is 2.58. The van der Waals surface area contributed by atoms with E-state index in [4.69, 9.17) is 19.7 Å². The Morgan fingerprint density at radius 3 is 2.30 bits per heavy atom. The highest BCUT2D eigenvalue weighted by Crippen LogP contribution is 2.37. The number of pyridine rings is 1. The summed E-state index contributed by atoms with van der Waals surface area (Å²) in [6.45, 7) is 11.9. The summed E-state index contributed by atoms with van der Waals surface area (Å²) in [5.41, 5.74) is 3.43. The first-order chi connectivity index (χ1) is 22.5. The van der Waals surface area contributed by atoms with Crippen LogP contribution in [0.25, 0.3) is 11.1 Å². The Kier molecular flexibility index (Phi) is 10.7. The van der Waals surface area contributed by atoms with E-state index in [0.29, 0.717) is 31.0 Å². The number of carbonyl (C=O) groups is 1. The molecule has 0 aromatic carbocycles. The number of hydrogen-bond donors (Lipinski definition) is 3. The SMILES string of the molecule is COc1ncc(-c2ccc(C(C(=O)NCC(C)C)C3CCC(Nc4ncc(C(C)(C)C)c(NCc5nccn5C)n4)CC3)nc2)cn1. The minimum Gasteiger partial charge on any atom is -0.467 e. The van der Waals surface area contributed by atoms with E-state index in [1.54, 1.807) is 24.8 Å². The highest BCUT2D eigenvalue weighted by atomic mass is 16.5. The highest BCUT2D eigenvalue weighted by molar-refractivity contribution is 5.83. The summed E-state index contributed by atoms with van der Waals surface area (Å²) in [4.78, 5) is 40.9. The van der Waals surface area contributed by atoms with E-state index in [-0.39, 0.29) is 29.2 Å². The third-order valence-corrected chi connectivity index (χ3v) is 8.72. The first kappa shape index (κ1) is 33.7. The minimum absolute atomic E-state index is 0.0349. The lowest BCUT2D eigenvalue weighted by atomic mass is 9.76. The molecule has 4 aromatic rings. The van der Waals surface area contributed by atoms with E-state index in [1.165, 1.54) is 7.11 Å². The number of nitrogens with one attached hydrogen (secondary N) is 3. The number of imidazole rings is 1. The summed E-state index contributed by atoms with van der Waals surface area (Å²) in [7, 11) is 3.52. The number of anilines is 2. The van der Waals surface area contributed by atoms with Crippen molar-refractivity contribution in [1.29, 1.82) is 0 Å². The quantitative estimate of drug-likeness (QED) is 0.181. The van der Waals surface area contributed by atoms with Crippen molar-refractivity contribution >= 4 is 17.7 Å². The van der Waals surface area contributed by atoms with E-state index in [9.17, 15) is 4.79 Å². The Morgan fingerprint density at radius 2 is 1.70 bits per heavy atom. The molecule has 1 saturated carbocycles. The van der Waals surface area contributed by atoms with Gasteiger partial charge in [-0.15, -0.1) is 0 Å². The molecular formula is C35H48N10O2. The number of hydrogen-bond acceptors (Lipinski definition) is 10. The van der Waals surface area contributed by atoms with Gasteiger partial charge >= 0.3 is 6.01 Å². The van der Waals surface area contributed by atoms with E-state index in [1.807, 2.05) is 36.1 Å². The second-order valence-corrected chi connectivity index (χ2v) is 13.8. The number of nitrogens with zero attached hydrogens (tertiary/aromatic N) is 7. The molecule has 0 aliphatic heterocycles. The Morgan fingerprint density at radius 1 is 0.979 bits per heavy atom. The molecule has 4 heterocycles. The van der Waals surface area contributed by atoms with Crippen LogP contribution in [-0.4, -0.2) is 60.1 Å². The zero-order valence-corrected chi connectivity index (χ0v) is 28.6. The van der Waals surface area contributed by atoms with Gasteiger partial charge in [0.25, 0.3) is 0 Å². The molecule has 1 amide bonds. The van der Waals surface area contributed by atoms with Crippen molar-refractivity contribution in [3.8, 4) is 17.1 Å². The van der Waals surface area contributed by atoms with Gasteiger partial charge in [0.1, 0.15) is 11.6 Å². The first-order valence-electron chi connectivity index (χ1n) is 16.5. The lowest BCUT2D eigenvalue weighted by Crippen LogP contribution is -2.38. The molecule has 0 bridgehead atoms. The molecule has 3 N–H and O–H groups in total. The molecule has 12 nitrogen and oxygen atoms in total. The predicted molar refractivity (Wildman–Crippen MR) is 183 cm³/mol. The monoisotopic (exact) mass is 640 g/mol. The molecular weight excluding hydrogens is 592 g/mol. The van der Waals surface area contributed by atoms with Gasteiger partial charge in [-0.3, -0.25) is 9.78 Å². The predicted octanol–water partition coefficient (Wildman–Crippen LogP) is 5.51. The fourth-order valence-corrected chi connectivity index (χ4v) is 5.98. The molecule has 4 aromatic heterocycles. The molecule has 5 rings (SSSR count). The number of ether oxygens (including phenoxy) is 1. The smallest absolute Gasteiger partial charge is 0.316 e. The number of rotatable bonds is 12. The fraction of sp³-hybridized carbons (Fsp3) is 0.514. The number of aromatic nitrogens is 7. The van der Waals surface area contributed by atoms with Crippen molar-refractivity contribution in [3.05, 3.63) is 66.4 Å². The van der Waals surface area contributed by atoms with Crippen LogP contribution in [0.1, 0.15) is 83.3 Å².